The molecule has 142 valence electrons. The number of amides is 1. The number of hydrogen-bond acceptors (Lipinski definition) is 4. The van der Waals surface area contributed by atoms with Crippen LogP contribution >= 0.6 is 27.3 Å². The summed E-state index contributed by atoms with van der Waals surface area (Å²) in [6.07, 6.45) is 0.353. The smallest absolute Gasteiger partial charge is 0.248 e. The lowest BCUT2D eigenvalue weighted by Gasteiger charge is -2.03. The standard InChI is InChI=1S/C19H19BrN2O3S2/c1-2-22-18-15(20)10-6-11-16(18)26-19(22)21-17(23)12-7-13-27(24,25)14-8-4-3-5-9-14/h3-6,8-11H,2,7,12-13H2,1H3. The minimum Gasteiger partial charge on any atom is -0.316 e. The van der Waals surface area contributed by atoms with Crippen LogP contribution in [-0.2, 0) is 21.2 Å². The molecular formula is C19H19BrN2O3S2. The summed E-state index contributed by atoms with van der Waals surface area (Å²) in [4.78, 5) is 17.4. The molecule has 0 radical (unpaired) electrons. The quantitative estimate of drug-likeness (QED) is 0.547. The van der Waals surface area contributed by atoms with Gasteiger partial charge in [-0.25, -0.2) is 8.42 Å². The van der Waals surface area contributed by atoms with E-state index in [4.69, 9.17) is 0 Å². The Hall–Kier alpha value is -1.77. The molecule has 0 saturated carbocycles. The van der Waals surface area contributed by atoms with E-state index in [1.807, 2.05) is 29.7 Å². The Kier molecular flexibility index (Phi) is 6.29. The number of thiazole rings is 1. The molecule has 2 aromatic carbocycles. The number of carbonyl (C=O) groups is 1. The third-order valence-corrected chi connectivity index (χ3v) is 7.59. The van der Waals surface area contributed by atoms with E-state index in [1.54, 1.807) is 30.3 Å². The molecule has 0 unspecified atom stereocenters. The normalized spacial score (nSPS) is 12.6. The van der Waals surface area contributed by atoms with Crippen LogP contribution in [0.4, 0.5) is 0 Å². The molecule has 1 amide bonds. The number of sulfone groups is 1. The van der Waals surface area contributed by atoms with E-state index >= 15 is 0 Å². The molecule has 0 spiro atoms. The topological polar surface area (TPSA) is 68.5 Å². The van der Waals surface area contributed by atoms with Crippen LogP contribution in [0.2, 0.25) is 0 Å². The van der Waals surface area contributed by atoms with Gasteiger partial charge in [-0.05, 0) is 53.5 Å². The van der Waals surface area contributed by atoms with Crippen LogP contribution in [0, 0.1) is 0 Å². The summed E-state index contributed by atoms with van der Waals surface area (Å²) < 4.78 is 28.6. The average molecular weight is 467 g/mol. The number of nitrogens with zero attached hydrogens (tertiary/aromatic N) is 2. The van der Waals surface area contributed by atoms with Crippen LogP contribution in [0.25, 0.3) is 10.2 Å². The fourth-order valence-electron chi connectivity index (χ4n) is 2.79. The average Bonchev–Trinajstić information content (AvgIpc) is 3.00. The van der Waals surface area contributed by atoms with Crippen molar-refractivity contribution < 1.29 is 13.2 Å². The zero-order chi connectivity index (χ0) is 19.4. The highest BCUT2D eigenvalue weighted by Gasteiger charge is 2.15. The van der Waals surface area contributed by atoms with Crippen molar-refractivity contribution in [3.8, 4) is 0 Å². The van der Waals surface area contributed by atoms with Crippen molar-refractivity contribution in [2.24, 2.45) is 4.99 Å². The number of hydrogen-bond donors (Lipinski definition) is 0. The number of halogens is 1. The minimum atomic E-state index is -3.37. The van der Waals surface area contributed by atoms with Gasteiger partial charge >= 0.3 is 0 Å². The lowest BCUT2D eigenvalue weighted by Crippen LogP contribution is -2.16. The first-order valence-corrected chi connectivity index (χ1v) is 11.8. The third kappa shape index (κ3) is 4.56. The van der Waals surface area contributed by atoms with Crippen molar-refractivity contribution in [2.75, 3.05) is 5.75 Å². The number of aryl methyl sites for hydroxylation is 1. The molecule has 3 aromatic rings. The monoisotopic (exact) mass is 466 g/mol. The number of fused-ring (bicyclic) bond motifs is 1. The van der Waals surface area contributed by atoms with E-state index in [0.717, 1.165) is 14.7 Å². The number of aromatic nitrogens is 1. The van der Waals surface area contributed by atoms with Crippen LogP contribution in [0.3, 0.4) is 0 Å². The molecule has 0 aliphatic carbocycles. The lowest BCUT2D eigenvalue weighted by atomic mass is 10.3. The Balaban J connectivity index is 1.74. The minimum absolute atomic E-state index is 0.0655. The Morgan fingerprint density at radius 2 is 1.89 bits per heavy atom. The summed E-state index contributed by atoms with van der Waals surface area (Å²) in [6, 6.07) is 14.2. The van der Waals surface area contributed by atoms with Gasteiger partial charge in [0.15, 0.2) is 14.6 Å². The molecule has 0 fully saturated rings. The van der Waals surface area contributed by atoms with E-state index < -0.39 is 9.84 Å². The predicted octanol–water partition coefficient (Wildman–Crippen LogP) is 4.17. The van der Waals surface area contributed by atoms with E-state index in [2.05, 4.69) is 20.9 Å². The van der Waals surface area contributed by atoms with Crippen molar-refractivity contribution in [3.63, 3.8) is 0 Å². The summed E-state index contributed by atoms with van der Waals surface area (Å²) in [5, 5.41) is 0. The second-order valence-electron chi connectivity index (χ2n) is 5.96. The van der Waals surface area contributed by atoms with E-state index in [-0.39, 0.29) is 29.4 Å². The molecule has 0 atom stereocenters. The van der Waals surface area contributed by atoms with Gasteiger partial charge in [0.25, 0.3) is 0 Å². The Labute approximate surface area is 170 Å². The second kappa shape index (κ2) is 8.50. The van der Waals surface area contributed by atoms with Crippen LogP contribution in [0.1, 0.15) is 19.8 Å². The summed E-state index contributed by atoms with van der Waals surface area (Å²) in [5.41, 5.74) is 1.02. The van der Waals surface area contributed by atoms with E-state index in [1.165, 1.54) is 11.3 Å². The van der Waals surface area contributed by atoms with E-state index in [0.29, 0.717) is 11.3 Å². The highest BCUT2D eigenvalue weighted by atomic mass is 79.9. The highest BCUT2D eigenvalue weighted by Crippen LogP contribution is 2.25. The van der Waals surface area contributed by atoms with Gasteiger partial charge in [-0.3, -0.25) is 4.79 Å². The maximum absolute atomic E-state index is 12.3. The van der Waals surface area contributed by atoms with Crippen molar-refractivity contribution in [1.29, 1.82) is 0 Å². The number of para-hydroxylation sites is 1. The largest absolute Gasteiger partial charge is 0.316 e. The van der Waals surface area contributed by atoms with Gasteiger partial charge in [0.05, 0.1) is 20.9 Å². The summed E-state index contributed by atoms with van der Waals surface area (Å²) in [6.45, 7) is 2.69. The van der Waals surface area contributed by atoms with Crippen molar-refractivity contribution in [1.82, 2.24) is 4.57 Å². The van der Waals surface area contributed by atoms with Crippen molar-refractivity contribution >= 4 is 53.2 Å². The molecule has 3 rings (SSSR count). The first-order valence-electron chi connectivity index (χ1n) is 8.55. The van der Waals surface area contributed by atoms with Crippen LogP contribution < -0.4 is 4.80 Å². The maximum Gasteiger partial charge on any atom is 0.248 e. The highest BCUT2D eigenvalue weighted by molar-refractivity contribution is 9.10. The van der Waals surface area contributed by atoms with Gasteiger partial charge in [-0.2, -0.15) is 4.99 Å². The van der Waals surface area contributed by atoms with Crippen molar-refractivity contribution in [3.05, 3.63) is 57.8 Å². The van der Waals surface area contributed by atoms with Crippen molar-refractivity contribution in [2.45, 2.75) is 31.2 Å². The first kappa shape index (κ1) is 20.0. The Morgan fingerprint density at radius 3 is 2.59 bits per heavy atom. The number of benzene rings is 2. The predicted molar refractivity (Wildman–Crippen MR) is 111 cm³/mol. The lowest BCUT2D eigenvalue weighted by molar-refractivity contribution is -0.118. The molecule has 0 saturated heterocycles. The van der Waals surface area contributed by atoms with Crippen LogP contribution in [0.15, 0.2) is 62.9 Å². The summed E-state index contributed by atoms with van der Waals surface area (Å²) in [5.74, 6) is -0.368. The molecule has 0 aliphatic rings. The van der Waals surface area contributed by atoms with Gasteiger partial charge in [0.2, 0.25) is 5.91 Å². The Bertz CT molecular complexity index is 1130. The van der Waals surface area contributed by atoms with Crippen LogP contribution in [0.5, 0.6) is 0 Å². The molecular weight excluding hydrogens is 448 g/mol. The molecule has 1 heterocycles. The summed E-state index contributed by atoms with van der Waals surface area (Å²) in [7, 11) is -3.37. The first-order chi connectivity index (χ1) is 12.9. The number of rotatable bonds is 6. The number of carbonyl (C=O) groups excluding carboxylic acids is 1. The van der Waals surface area contributed by atoms with Crippen LogP contribution in [-0.4, -0.2) is 24.6 Å². The zero-order valence-electron chi connectivity index (χ0n) is 14.8. The molecule has 8 heteroatoms. The van der Waals surface area contributed by atoms with E-state index in [9.17, 15) is 13.2 Å². The van der Waals surface area contributed by atoms with Gasteiger partial charge in [-0.15, -0.1) is 0 Å². The molecule has 1 aromatic heterocycles. The fourth-order valence-corrected chi connectivity index (χ4v) is 5.97. The molecule has 0 bridgehead atoms. The molecule has 27 heavy (non-hydrogen) atoms. The van der Waals surface area contributed by atoms with Gasteiger partial charge in [0.1, 0.15) is 0 Å². The van der Waals surface area contributed by atoms with Gasteiger partial charge in [-0.1, -0.05) is 35.6 Å². The Morgan fingerprint density at radius 1 is 1.15 bits per heavy atom. The summed E-state index contributed by atoms with van der Waals surface area (Å²) >= 11 is 5.00. The zero-order valence-corrected chi connectivity index (χ0v) is 18.0. The second-order valence-corrected chi connectivity index (χ2v) is 9.93. The SMILES string of the molecule is CCn1c(=NC(=O)CCCS(=O)(=O)c2ccccc2)sc2cccc(Br)c21. The third-order valence-electron chi connectivity index (χ3n) is 4.09. The van der Waals surface area contributed by atoms with Gasteiger partial charge < -0.3 is 4.57 Å². The molecule has 0 N–H and O–H groups in total. The fraction of sp³-hybridized carbons (Fsp3) is 0.263. The van der Waals surface area contributed by atoms with Gasteiger partial charge in [0, 0.05) is 17.4 Å². The molecule has 5 nitrogen and oxygen atoms in total. The molecule has 0 aliphatic heterocycles. The maximum atomic E-state index is 12.3.